The van der Waals surface area contributed by atoms with Crippen molar-refractivity contribution in [3.63, 3.8) is 0 Å². The van der Waals surface area contributed by atoms with Crippen LogP contribution in [0.1, 0.15) is 18.9 Å². The maximum Gasteiger partial charge on any atom is 0.158 e. The molecule has 1 N–H and O–H groups in total. The quantitative estimate of drug-likeness (QED) is 0.860. The zero-order valence-corrected chi connectivity index (χ0v) is 10.3. The van der Waals surface area contributed by atoms with E-state index >= 15 is 0 Å². The molecule has 1 saturated heterocycles. The Morgan fingerprint density at radius 1 is 1.38 bits per heavy atom. The second-order valence-corrected chi connectivity index (χ2v) is 3.93. The van der Waals surface area contributed by atoms with Crippen molar-refractivity contribution < 1.29 is 9.53 Å². The highest BCUT2D eigenvalue weighted by Crippen LogP contribution is 2.33. The number of benzene rings is 1. The first kappa shape index (κ1) is 13.0. The number of Topliss-reactive ketones (excluding diaryl/α,β-unsaturated/α-hetero) is 1. The van der Waals surface area contributed by atoms with E-state index in [4.69, 9.17) is 4.74 Å². The molecule has 1 aromatic carbocycles. The third-order valence-corrected chi connectivity index (χ3v) is 3.03. The first-order chi connectivity index (χ1) is 7.18. The second kappa shape index (κ2) is 4.85. The van der Waals surface area contributed by atoms with Gasteiger partial charge in [0.05, 0.1) is 7.11 Å². The summed E-state index contributed by atoms with van der Waals surface area (Å²) < 4.78 is 5.28. The number of methoxy groups -OCH3 is 1. The maximum atomic E-state index is 11.8. The number of halogens is 1. The monoisotopic (exact) mass is 241 g/mol. The maximum absolute atomic E-state index is 11.8. The number of carbonyl (C=O) groups is 1. The van der Waals surface area contributed by atoms with Crippen LogP contribution in [0.15, 0.2) is 24.3 Å². The summed E-state index contributed by atoms with van der Waals surface area (Å²) in [5.74, 6) is 0.995. The predicted octanol–water partition coefficient (Wildman–Crippen LogP) is 1.89. The van der Waals surface area contributed by atoms with Gasteiger partial charge >= 0.3 is 0 Å². The lowest BCUT2D eigenvalue weighted by Crippen LogP contribution is -2.39. The van der Waals surface area contributed by atoms with E-state index in [9.17, 15) is 4.79 Å². The summed E-state index contributed by atoms with van der Waals surface area (Å²) in [6.07, 6.45) is 0.592. The number of hydrogen-bond donors (Lipinski definition) is 1. The van der Waals surface area contributed by atoms with Crippen LogP contribution < -0.4 is 10.1 Å². The van der Waals surface area contributed by atoms with Gasteiger partial charge in [-0.1, -0.05) is 18.2 Å². The van der Waals surface area contributed by atoms with Crippen LogP contribution in [0, 0.1) is 0 Å². The Morgan fingerprint density at radius 2 is 2.06 bits per heavy atom. The summed E-state index contributed by atoms with van der Waals surface area (Å²) in [6, 6.07) is 7.66. The van der Waals surface area contributed by atoms with Crippen molar-refractivity contribution in [2.45, 2.75) is 18.9 Å². The van der Waals surface area contributed by atoms with Crippen LogP contribution in [0.4, 0.5) is 0 Å². The number of nitrogens with one attached hydrogen (secondary N) is 1. The van der Waals surface area contributed by atoms with Crippen LogP contribution in [0.3, 0.4) is 0 Å². The number of hydrogen-bond acceptors (Lipinski definition) is 3. The number of para-hydroxylation sites is 1. The summed E-state index contributed by atoms with van der Waals surface area (Å²) >= 11 is 0. The molecule has 0 aromatic heterocycles. The lowest BCUT2D eigenvalue weighted by atomic mass is 9.89. The fourth-order valence-electron chi connectivity index (χ4n) is 2.08. The van der Waals surface area contributed by atoms with E-state index < -0.39 is 5.54 Å². The number of rotatable bonds is 2. The molecule has 1 unspecified atom stereocenters. The molecule has 0 spiro atoms. The topological polar surface area (TPSA) is 38.3 Å². The van der Waals surface area contributed by atoms with Gasteiger partial charge in [0.15, 0.2) is 5.78 Å². The molecule has 0 amide bonds. The molecule has 0 bridgehead atoms. The fourth-order valence-corrected chi connectivity index (χ4v) is 2.08. The predicted molar refractivity (Wildman–Crippen MR) is 65.2 cm³/mol. The van der Waals surface area contributed by atoms with Crippen molar-refractivity contribution >= 4 is 18.2 Å². The molecular weight excluding hydrogens is 226 g/mol. The molecule has 1 heterocycles. The van der Waals surface area contributed by atoms with Crippen molar-refractivity contribution in [3.8, 4) is 5.75 Å². The van der Waals surface area contributed by atoms with Gasteiger partial charge in [0, 0.05) is 18.5 Å². The average Bonchev–Trinajstić information content (AvgIpc) is 2.60. The lowest BCUT2D eigenvalue weighted by Gasteiger charge is -2.25. The molecule has 88 valence electrons. The average molecular weight is 242 g/mol. The van der Waals surface area contributed by atoms with Crippen LogP contribution in [0.2, 0.25) is 0 Å². The van der Waals surface area contributed by atoms with E-state index in [1.165, 1.54) is 0 Å². The highest BCUT2D eigenvalue weighted by molar-refractivity contribution is 5.92. The molecule has 2 rings (SSSR count). The largest absolute Gasteiger partial charge is 0.496 e. The summed E-state index contributed by atoms with van der Waals surface area (Å²) in [6.45, 7) is 2.66. The molecule has 3 nitrogen and oxygen atoms in total. The van der Waals surface area contributed by atoms with E-state index in [-0.39, 0.29) is 18.2 Å². The Balaban J connectivity index is 0.00000128. The van der Waals surface area contributed by atoms with Crippen LogP contribution >= 0.6 is 12.4 Å². The normalized spacial score (nSPS) is 24.0. The van der Waals surface area contributed by atoms with Crippen molar-refractivity contribution in [1.82, 2.24) is 5.32 Å². The molecule has 4 heteroatoms. The highest BCUT2D eigenvalue weighted by atomic mass is 35.5. The SMILES string of the molecule is COc1ccccc1C1(C)NCCC1=O.Cl. The smallest absolute Gasteiger partial charge is 0.158 e. The Kier molecular flexibility index (Phi) is 3.94. The van der Waals surface area contributed by atoms with Gasteiger partial charge in [-0.3, -0.25) is 4.79 Å². The minimum atomic E-state index is -0.577. The van der Waals surface area contributed by atoms with E-state index in [0.29, 0.717) is 6.42 Å². The third kappa shape index (κ3) is 1.93. The Bertz CT molecular complexity index is 394. The van der Waals surface area contributed by atoms with Crippen molar-refractivity contribution in [3.05, 3.63) is 29.8 Å². The summed E-state index contributed by atoms with van der Waals surface area (Å²) in [7, 11) is 1.63. The molecule has 0 aliphatic carbocycles. The van der Waals surface area contributed by atoms with Gasteiger partial charge in [0.25, 0.3) is 0 Å². The first-order valence-corrected chi connectivity index (χ1v) is 5.10. The zero-order chi connectivity index (χ0) is 10.9. The van der Waals surface area contributed by atoms with E-state index in [2.05, 4.69) is 5.32 Å². The molecule has 1 aliphatic rings. The summed E-state index contributed by atoms with van der Waals surface area (Å²) in [4.78, 5) is 11.8. The van der Waals surface area contributed by atoms with Gasteiger partial charge in [-0.2, -0.15) is 0 Å². The zero-order valence-electron chi connectivity index (χ0n) is 9.45. The Hall–Kier alpha value is -1.06. The highest BCUT2D eigenvalue weighted by Gasteiger charge is 2.40. The Labute approximate surface area is 102 Å². The van der Waals surface area contributed by atoms with Gasteiger partial charge in [-0.25, -0.2) is 0 Å². The van der Waals surface area contributed by atoms with Gasteiger partial charge in [0.2, 0.25) is 0 Å². The van der Waals surface area contributed by atoms with Crippen molar-refractivity contribution in [2.24, 2.45) is 0 Å². The lowest BCUT2D eigenvalue weighted by molar-refractivity contribution is -0.122. The van der Waals surface area contributed by atoms with E-state index in [1.54, 1.807) is 7.11 Å². The number of ketones is 1. The molecule has 1 aliphatic heterocycles. The van der Waals surface area contributed by atoms with E-state index in [0.717, 1.165) is 17.9 Å². The second-order valence-electron chi connectivity index (χ2n) is 3.93. The summed E-state index contributed by atoms with van der Waals surface area (Å²) in [5.41, 5.74) is 0.349. The van der Waals surface area contributed by atoms with Crippen LogP contribution in [-0.4, -0.2) is 19.4 Å². The molecule has 0 radical (unpaired) electrons. The molecule has 1 fully saturated rings. The van der Waals surface area contributed by atoms with Crippen LogP contribution in [0.25, 0.3) is 0 Å². The molecule has 1 atom stereocenters. The third-order valence-electron chi connectivity index (χ3n) is 3.03. The molecule has 16 heavy (non-hydrogen) atoms. The van der Waals surface area contributed by atoms with E-state index in [1.807, 2.05) is 31.2 Å². The van der Waals surface area contributed by atoms with Gasteiger partial charge < -0.3 is 10.1 Å². The number of carbonyl (C=O) groups excluding carboxylic acids is 1. The standard InChI is InChI=1S/C12H15NO2.ClH/c1-12(11(14)7-8-13-12)9-5-3-4-6-10(9)15-2;/h3-6,13H,7-8H2,1-2H3;1H. The van der Waals surface area contributed by atoms with Crippen LogP contribution in [-0.2, 0) is 10.3 Å². The molecule has 0 saturated carbocycles. The van der Waals surface area contributed by atoms with Gasteiger partial charge in [-0.05, 0) is 13.0 Å². The van der Waals surface area contributed by atoms with Crippen LogP contribution in [0.5, 0.6) is 5.75 Å². The van der Waals surface area contributed by atoms with Crippen molar-refractivity contribution in [2.75, 3.05) is 13.7 Å². The summed E-state index contributed by atoms with van der Waals surface area (Å²) in [5, 5.41) is 3.24. The minimum absolute atomic E-state index is 0. The minimum Gasteiger partial charge on any atom is -0.496 e. The molecule has 1 aromatic rings. The fraction of sp³-hybridized carbons (Fsp3) is 0.417. The first-order valence-electron chi connectivity index (χ1n) is 5.10. The van der Waals surface area contributed by atoms with Gasteiger partial charge in [0.1, 0.15) is 11.3 Å². The van der Waals surface area contributed by atoms with Crippen molar-refractivity contribution in [1.29, 1.82) is 0 Å². The Morgan fingerprint density at radius 3 is 2.62 bits per heavy atom. The molecular formula is C12H16ClNO2. The van der Waals surface area contributed by atoms with Gasteiger partial charge in [-0.15, -0.1) is 12.4 Å². The number of ether oxygens (including phenoxy) is 1.